The summed E-state index contributed by atoms with van der Waals surface area (Å²) in [5.41, 5.74) is 4.04. The Morgan fingerprint density at radius 1 is 1.29 bits per heavy atom. The van der Waals surface area contributed by atoms with Gasteiger partial charge < -0.3 is 19.4 Å². The zero-order valence-corrected chi connectivity index (χ0v) is 16.7. The highest BCUT2D eigenvalue weighted by Gasteiger charge is 2.15. The number of nitrogens with zero attached hydrogens (tertiary/aromatic N) is 2. The summed E-state index contributed by atoms with van der Waals surface area (Å²) in [5.74, 6) is 1.49. The Kier molecular flexibility index (Phi) is 5.74. The minimum absolute atomic E-state index is 0.0885. The van der Waals surface area contributed by atoms with E-state index in [-0.39, 0.29) is 12.4 Å². The van der Waals surface area contributed by atoms with Gasteiger partial charge in [0, 0.05) is 24.5 Å². The van der Waals surface area contributed by atoms with Crippen molar-refractivity contribution in [1.82, 2.24) is 9.88 Å². The number of nitriles is 1. The third-order valence-electron chi connectivity index (χ3n) is 4.72. The van der Waals surface area contributed by atoms with Crippen LogP contribution >= 0.6 is 0 Å². The van der Waals surface area contributed by atoms with Crippen molar-refractivity contribution in [1.29, 1.82) is 5.26 Å². The molecule has 1 aliphatic rings. The molecule has 0 radical (unpaired) electrons. The first-order valence-corrected chi connectivity index (χ1v) is 9.34. The maximum Gasteiger partial charge on any atom is 0.262 e. The third kappa shape index (κ3) is 4.20. The molecule has 28 heavy (non-hydrogen) atoms. The number of carbonyl (C=O) groups excluding carboxylic acids is 1. The molecule has 0 fully saturated rings. The van der Waals surface area contributed by atoms with Crippen LogP contribution < -0.4 is 14.8 Å². The van der Waals surface area contributed by atoms with Crippen molar-refractivity contribution in [2.75, 3.05) is 6.79 Å². The summed E-state index contributed by atoms with van der Waals surface area (Å²) in [6, 6.07) is 9.54. The summed E-state index contributed by atoms with van der Waals surface area (Å²) < 4.78 is 12.8. The second-order valence-electron chi connectivity index (χ2n) is 7.37. The molecule has 2 heterocycles. The van der Waals surface area contributed by atoms with E-state index >= 15 is 0 Å². The number of amides is 1. The van der Waals surface area contributed by atoms with Crippen molar-refractivity contribution in [3.8, 4) is 17.6 Å². The van der Waals surface area contributed by atoms with Crippen LogP contribution in [-0.2, 0) is 17.9 Å². The number of rotatable bonds is 6. The molecule has 1 aromatic carbocycles. The van der Waals surface area contributed by atoms with Crippen molar-refractivity contribution in [3.63, 3.8) is 0 Å². The van der Waals surface area contributed by atoms with Gasteiger partial charge in [-0.2, -0.15) is 5.26 Å². The van der Waals surface area contributed by atoms with Crippen molar-refractivity contribution in [2.24, 2.45) is 5.92 Å². The average molecular weight is 379 g/mol. The lowest BCUT2D eigenvalue weighted by atomic mass is 10.1. The van der Waals surface area contributed by atoms with Gasteiger partial charge in [-0.25, -0.2) is 0 Å². The van der Waals surface area contributed by atoms with Crippen LogP contribution in [0.15, 0.2) is 29.8 Å². The zero-order valence-electron chi connectivity index (χ0n) is 16.7. The van der Waals surface area contributed by atoms with Gasteiger partial charge in [0.15, 0.2) is 11.5 Å². The fraction of sp³-hybridized carbons (Fsp3) is 0.364. The van der Waals surface area contributed by atoms with E-state index in [4.69, 9.17) is 9.47 Å². The van der Waals surface area contributed by atoms with E-state index in [1.165, 1.54) is 0 Å². The molecule has 2 aromatic rings. The molecule has 0 saturated carbocycles. The molecule has 3 rings (SSSR count). The topological polar surface area (TPSA) is 76.3 Å². The van der Waals surface area contributed by atoms with Crippen molar-refractivity contribution >= 4 is 12.0 Å². The highest BCUT2D eigenvalue weighted by atomic mass is 16.7. The monoisotopic (exact) mass is 379 g/mol. The summed E-state index contributed by atoms with van der Waals surface area (Å²) in [6.45, 7) is 9.81. The number of benzene rings is 1. The van der Waals surface area contributed by atoms with E-state index < -0.39 is 5.91 Å². The van der Waals surface area contributed by atoms with Crippen LogP contribution in [0.1, 0.15) is 36.4 Å². The Balaban J connectivity index is 1.72. The van der Waals surface area contributed by atoms with Gasteiger partial charge in [-0.3, -0.25) is 4.79 Å². The van der Waals surface area contributed by atoms with Gasteiger partial charge in [-0.15, -0.1) is 0 Å². The van der Waals surface area contributed by atoms with Gasteiger partial charge in [0.25, 0.3) is 5.91 Å². The van der Waals surface area contributed by atoms with Gasteiger partial charge in [0.05, 0.1) is 0 Å². The number of ether oxygens (including phenoxy) is 2. The van der Waals surface area contributed by atoms with Crippen molar-refractivity contribution < 1.29 is 14.3 Å². The summed E-state index contributed by atoms with van der Waals surface area (Å²) in [5, 5.41) is 12.3. The number of hydrogen-bond donors (Lipinski definition) is 1. The molecular weight excluding hydrogens is 354 g/mol. The fourth-order valence-corrected chi connectivity index (χ4v) is 3.25. The first kappa shape index (κ1) is 19.6. The van der Waals surface area contributed by atoms with Crippen LogP contribution in [0.2, 0.25) is 0 Å². The molecule has 0 bridgehead atoms. The predicted octanol–water partition coefficient (Wildman–Crippen LogP) is 3.71. The predicted molar refractivity (Wildman–Crippen MR) is 107 cm³/mol. The molecule has 0 aliphatic carbocycles. The van der Waals surface area contributed by atoms with Crippen LogP contribution in [0.4, 0.5) is 0 Å². The van der Waals surface area contributed by atoms with Gasteiger partial charge in [0.2, 0.25) is 6.79 Å². The smallest absolute Gasteiger partial charge is 0.262 e. The van der Waals surface area contributed by atoms with Crippen LogP contribution in [0, 0.1) is 31.1 Å². The van der Waals surface area contributed by atoms with Crippen LogP contribution in [0.25, 0.3) is 6.08 Å². The highest BCUT2D eigenvalue weighted by molar-refractivity contribution is 6.01. The van der Waals surface area contributed by atoms with E-state index in [0.29, 0.717) is 24.0 Å². The summed E-state index contributed by atoms with van der Waals surface area (Å²) >= 11 is 0. The van der Waals surface area contributed by atoms with E-state index in [1.54, 1.807) is 6.08 Å². The SMILES string of the molecule is Cc1cc(/C=C(\C#N)C(=O)NCc2ccc3c(c2)OCO3)c(C)n1CC(C)C. The van der Waals surface area contributed by atoms with E-state index in [2.05, 4.69) is 23.7 Å². The van der Waals surface area contributed by atoms with Crippen molar-refractivity contribution in [3.05, 3.63) is 52.4 Å². The number of carbonyl (C=O) groups is 1. The molecule has 1 amide bonds. The maximum atomic E-state index is 12.5. The van der Waals surface area contributed by atoms with Gasteiger partial charge in [-0.05, 0) is 55.2 Å². The van der Waals surface area contributed by atoms with Crippen LogP contribution in [0.3, 0.4) is 0 Å². The Morgan fingerprint density at radius 2 is 2.04 bits per heavy atom. The summed E-state index contributed by atoms with van der Waals surface area (Å²) in [6.07, 6.45) is 1.66. The number of fused-ring (bicyclic) bond motifs is 1. The average Bonchev–Trinajstić information content (AvgIpc) is 3.23. The largest absolute Gasteiger partial charge is 0.454 e. The third-order valence-corrected chi connectivity index (χ3v) is 4.72. The number of aromatic nitrogens is 1. The summed E-state index contributed by atoms with van der Waals surface area (Å²) in [7, 11) is 0. The normalized spacial score (nSPS) is 12.9. The molecule has 0 unspecified atom stereocenters. The number of hydrogen-bond acceptors (Lipinski definition) is 4. The molecule has 1 aliphatic heterocycles. The minimum Gasteiger partial charge on any atom is -0.454 e. The Bertz CT molecular complexity index is 964. The molecule has 146 valence electrons. The standard InChI is InChI=1S/C22H25N3O3/c1-14(2)12-25-15(3)7-18(16(25)4)9-19(10-23)22(26)24-11-17-5-6-20-21(8-17)28-13-27-20/h5-9,14H,11-13H2,1-4H3,(H,24,26)/b19-9+. The van der Waals surface area contributed by atoms with E-state index in [9.17, 15) is 10.1 Å². The van der Waals surface area contributed by atoms with Crippen LogP contribution in [0.5, 0.6) is 11.5 Å². The Morgan fingerprint density at radius 3 is 2.75 bits per heavy atom. The lowest BCUT2D eigenvalue weighted by molar-refractivity contribution is -0.117. The lowest BCUT2D eigenvalue weighted by Gasteiger charge is -2.12. The van der Waals surface area contributed by atoms with E-state index in [0.717, 1.165) is 29.1 Å². The second kappa shape index (κ2) is 8.22. The maximum absolute atomic E-state index is 12.5. The van der Waals surface area contributed by atoms with E-state index in [1.807, 2.05) is 44.2 Å². The minimum atomic E-state index is -0.395. The lowest BCUT2D eigenvalue weighted by Crippen LogP contribution is -2.23. The molecule has 1 aromatic heterocycles. The quantitative estimate of drug-likeness (QED) is 0.613. The molecule has 6 nitrogen and oxygen atoms in total. The highest BCUT2D eigenvalue weighted by Crippen LogP contribution is 2.32. The first-order valence-electron chi connectivity index (χ1n) is 9.34. The first-order chi connectivity index (χ1) is 13.4. The Hall–Kier alpha value is -3.20. The number of nitrogens with one attached hydrogen (secondary N) is 1. The summed E-state index contributed by atoms with van der Waals surface area (Å²) in [4.78, 5) is 12.5. The molecule has 1 N–H and O–H groups in total. The molecule has 0 spiro atoms. The van der Waals surface area contributed by atoms with Crippen molar-refractivity contribution in [2.45, 2.75) is 40.8 Å². The molecule has 0 saturated heterocycles. The van der Waals surface area contributed by atoms with Gasteiger partial charge in [0.1, 0.15) is 11.6 Å². The second-order valence-corrected chi connectivity index (χ2v) is 7.37. The van der Waals surface area contributed by atoms with Gasteiger partial charge in [-0.1, -0.05) is 19.9 Å². The zero-order chi connectivity index (χ0) is 20.3. The molecule has 6 heteroatoms. The Labute approximate surface area is 165 Å². The fourth-order valence-electron chi connectivity index (χ4n) is 3.25. The van der Waals surface area contributed by atoms with Crippen LogP contribution in [-0.4, -0.2) is 17.3 Å². The molecular formula is C22H25N3O3. The van der Waals surface area contributed by atoms with Gasteiger partial charge >= 0.3 is 0 Å². The number of aryl methyl sites for hydroxylation is 1. The molecule has 0 atom stereocenters.